The molecule has 0 radical (unpaired) electrons. The van der Waals surface area contributed by atoms with Gasteiger partial charge in [-0.25, -0.2) is 0 Å². The first-order chi connectivity index (χ1) is 9.17. The van der Waals surface area contributed by atoms with Crippen LogP contribution in [0.3, 0.4) is 0 Å². The summed E-state index contributed by atoms with van der Waals surface area (Å²) in [6, 6.07) is 0. The third kappa shape index (κ3) is 3.03. The Morgan fingerprint density at radius 2 is 2.32 bits per heavy atom. The second kappa shape index (κ2) is 5.54. The maximum absolute atomic E-state index is 6.27. The molecule has 19 heavy (non-hydrogen) atoms. The quantitative estimate of drug-likeness (QED) is 0.849. The highest BCUT2D eigenvalue weighted by molar-refractivity contribution is 9.10. The van der Waals surface area contributed by atoms with E-state index in [9.17, 15) is 0 Å². The molecule has 0 spiro atoms. The first-order valence-corrected chi connectivity index (χ1v) is 7.95. The van der Waals surface area contributed by atoms with Crippen LogP contribution in [0.25, 0.3) is 0 Å². The van der Waals surface area contributed by atoms with Crippen molar-refractivity contribution >= 4 is 15.9 Å². The van der Waals surface area contributed by atoms with Crippen LogP contribution in [0.5, 0.6) is 0 Å². The summed E-state index contributed by atoms with van der Waals surface area (Å²) in [6.45, 7) is 3.69. The van der Waals surface area contributed by atoms with Crippen LogP contribution in [0.4, 0.5) is 0 Å². The number of hydrogen-bond acceptors (Lipinski definition) is 3. The van der Waals surface area contributed by atoms with Gasteiger partial charge in [0.25, 0.3) is 0 Å². The third-order valence-corrected chi connectivity index (χ3v) is 4.90. The fourth-order valence-electron chi connectivity index (χ4n) is 2.84. The van der Waals surface area contributed by atoms with E-state index in [1.807, 2.05) is 17.8 Å². The molecule has 0 bridgehead atoms. The summed E-state index contributed by atoms with van der Waals surface area (Å²) in [7, 11) is 0. The van der Waals surface area contributed by atoms with Crippen LogP contribution >= 0.6 is 15.9 Å². The monoisotopic (exact) mass is 328 g/mol. The van der Waals surface area contributed by atoms with Gasteiger partial charge in [-0.3, -0.25) is 4.68 Å². The molecule has 1 saturated heterocycles. The molecule has 2 heterocycles. The van der Waals surface area contributed by atoms with Gasteiger partial charge in [-0.2, -0.15) is 5.10 Å². The summed E-state index contributed by atoms with van der Waals surface area (Å²) < 4.78 is 15.1. The van der Waals surface area contributed by atoms with Gasteiger partial charge in [0.05, 0.1) is 22.3 Å². The smallest absolute Gasteiger partial charge is 0.158 e. The molecular weight excluding hydrogens is 308 g/mol. The van der Waals surface area contributed by atoms with Crippen LogP contribution in [0.1, 0.15) is 44.2 Å². The molecule has 2 fully saturated rings. The number of ether oxygens (including phenoxy) is 2. The van der Waals surface area contributed by atoms with E-state index < -0.39 is 0 Å². The van der Waals surface area contributed by atoms with Gasteiger partial charge < -0.3 is 9.47 Å². The second-order valence-corrected chi connectivity index (χ2v) is 6.56. The van der Waals surface area contributed by atoms with Crippen molar-refractivity contribution in [1.29, 1.82) is 0 Å². The molecule has 1 aliphatic heterocycles. The van der Waals surface area contributed by atoms with E-state index in [0.717, 1.165) is 49.0 Å². The molecule has 1 atom stereocenters. The van der Waals surface area contributed by atoms with Crippen molar-refractivity contribution in [2.45, 2.75) is 63.9 Å². The SMILES string of the molecule is Cc1nn(CC2(OC3CCCCO3)CCC2)cc1Br. The van der Waals surface area contributed by atoms with Gasteiger partial charge in [-0.1, -0.05) is 0 Å². The van der Waals surface area contributed by atoms with Gasteiger partial charge in [0.15, 0.2) is 6.29 Å². The summed E-state index contributed by atoms with van der Waals surface area (Å²) in [6.07, 6.45) is 8.92. The summed E-state index contributed by atoms with van der Waals surface area (Å²) in [5.74, 6) is 0. The van der Waals surface area contributed by atoms with Gasteiger partial charge >= 0.3 is 0 Å². The fraction of sp³-hybridized carbons (Fsp3) is 0.786. The first-order valence-electron chi connectivity index (χ1n) is 7.16. The number of rotatable bonds is 4. The highest BCUT2D eigenvalue weighted by Crippen LogP contribution is 2.39. The van der Waals surface area contributed by atoms with Gasteiger partial charge in [0.1, 0.15) is 0 Å². The van der Waals surface area contributed by atoms with Crippen molar-refractivity contribution in [3.8, 4) is 0 Å². The Morgan fingerprint density at radius 3 is 2.84 bits per heavy atom. The predicted octanol–water partition coefficient (Wildman–Crippen LogP) is 3.42. The lowest BCUT2D eigenvalue weighted by atomic mass is 9.80. The highest BCUT2D eigenvalue weighted by atomic mass is 79.9. The molecule has 1 aromatic rings. The van der Waals surface area contributed by atoms with E-state index in [4.69, 9.17) is 9.47 Å². The van der Waals surface area contributed by atoms with Crippen molar-refractivity contribution in [2.24, 2.45) is 0 Å². The zero-order valence-corrected chi connectivity index (χ0v) is 13.0. The van der Waals surface area contributed by atoms with Crippen molar-refractivity contribution in [3.05, 3.63) is 16.4 Å². The largest absolute Gasteiger partial charge is 0.353 e. The van der Waals surface area contributed by atoms with Crippen molar-refractivity contribution in [2.75, 3.05) is 6.61 Å². The zero-order chi connectivity index (χ0) is 13.3. The molecule has 0 N–H and O–H groups in total. The second-order valence-electron chi connectivity index (χ2n) is 5.71. The molecule has 1 aromatic heterocycles. The minimum Gasteiger partial charge on any atom is -0.353 e. The summed E-state index contributed by atoms with van der Waals surface area (Å²) in [5.41, 5.74) is 0.975. The Morgan fingerprint density at radius 1 is 1.47 bits per heavy atom. The number of aromatic nitrogens is 2. The topological polar surface area (TPSA) is 36.3 Å². The lowest BCUT2D eigenvalue weighted by Crippen LogP contribution is -2.47. The maximum atomic E-state index is 6.27. The lowest BCUT2D eigenvalue weighted by Gasteiger charge is -2.44. The molecular formula is C14H21BrN2O2. The molecule has 3 rings (SSSR count). The van der Waals surface area contributed by atoms with Gasteiger partial charge in [-0.15, -0.1) is 0 Å². The predicted molar refractivity (Wildman–Crippen MR) is 75.9 cm³/mol. The Hall–Kier alpha value is -0.390. The van der Waals surface area contributed by atoms with E-state index in [0.29, 0.717) is 0 Å². The summed E-state index contributed by atoms with van der Waals surface area (Å²) in [5, 5.41) is 4.52. The van der Waals surface area contributed by atoms with Gasteiger partial charge in [0.2, 0.25) is 0 Å². The molecule has 1 saturated carbocycles. The minimum atomic E-state index is -0.0556. The normalized spacial score (nSPS) is 26.1. The average molecular weight is 329 g/mol. The molecule has 2 aliphatic rings. The van der Waals surface area contributed by atoms with Gasteiger partial charge in [-0.05, 0) is 61.4 Å². The van der Waals surface area contributed by atoms with E-state index in [1.54, 1.807) is 0 Å². The number of hydrogen-bond donors (Lipinski definition) is 0. The molecule has 1 aliphatic carbocycles. The molecule has 4 nitrogen and oxygen atoms in total. The standard InChI is InChI=1S/C14H21BrN2O2/c1-11-12(15)9-17(16-11)10-14(6-4-7-14)19-13-5-2-3-8-18-13/h9,13H,2-8,10H2,1H3. The van der Waals surface area contributed by atoms with Crippen molar-refractivity contribution < 1.29 is 9.47 Å². The fourth-order valence-corrected chi connectivity index (χ4v) is 3.15. The average Bonchev–Trinajstić information content (AvgIpc) is 2.67. The molecule has 5 heteroatoms. The Bertz CT molecular complexity index is 417. The third-order valence-electron chi connectivity index (χ3n) is 4.12. The van der Waals surface area contributed by atoms with Crippen LogP contribution in [0.2, 0.25) is 0 Å². The van der Waals surface area contributed by atoms with Gasteiger partial charge in [0, 0.05) is 12.8 Å². The number of aryl methyl sites for hydroxylation is 1. The number of halogens is 1. The zero-order valence-electron chi connectivity index (χ0n) is 11.4. The Labute approximate surface area is 122 Å². The highest BCUT2D eigenvalue weighted by Gasteiger charge is 2.41. The van der Waals surface area contributed by atoms with E-state index in [2.05, 4.69) is 21.0 Å². The molecule has 0 aromatic carbocycles. The van der Waals surface area contributed by atoms with Crippen LogP contribution in [-0.2, 0) is 16.0 Å². The summed E-state index contributed by atoms with van der Waals surface area (Å²) in [4.78, 5) is 0. The molecule has 1 unspecified atom stereocenters. The Kier molecular flexibility index (Phi) is 3.96. The van der Waals surface area contributed by atoms with E-state index >= 15 is 0 Å². The minimum absolute atomic E-state index is 0.00542. The summed E-state index contributed by atoms with van der Waals surface area (Å²) >= 11 is 3.51. The Balaban J connectivity index is 1.65. The molecule has 0 amide bonds. The van der Waals surface area contributed by atoms with E-state index in [1.165, 1.54) is 12.8 Å². The lowest BCUT2D eigenvalue weighted by molar-refractivity contribution is -0.251. The van der Waals surface area contributed by atoms with Crippen LogP contribution in [0.15, 0.2) is 10.7 Å². The molecule has 106 valence electrons. The number of nitrogens with zero attached hydrogens (tertiary/aromatic N) is 2. The maximum Gasteiger partial charge on any atom is 0.158 e. The first kappa shape index (κ1) is 13.6. The van der Waals surface area contributed by atoms with Crippen LogP contribution in [-0.4, -0.2) is 28.3 Å². The van der Waals surface area contributed by atoms with Crippen molar-refractivity contribution in [1.82, 2.24) is 9.78 Å². The van der Waals surface area contributed by atoms with Crippen LogP contribution in [0, 0.1) is 6.92 Å². The van der Waals surface area contributed by atoms with E-state index in [-0.39, 0.29) is 11.9 Å². The van der Waals surface area contributed by atoms with Crippen LogP contribution < -0.4 is 0 Å². The van der Waals surface area contributed by atoms with Crippen molar-refractivity contribution in [3.63, 3.8) is 0 Å².